The number of hydrogen-bond acceptors (Lipinski definition) is 4. The number of aliphatic imine (C=N–C) groups is 2. The van der Waals surface area contributed by atoms with Crippen LogP contribution in [0.4, 0.5) is 13.2 Å². The molecule has 0 spiro atoms. The van der Waals surface area contributed by atoms with E-state index in [4.69, 9.17) is 0 Å². The maximum atomic E-state index is 12.5. The van der Waals surface area contributed by atoms with Crippen molar-refractivity contribution >= 4 is 12.1 Å². The van der Waals surface area contributed by atoms with E-state index in [2.05, 4.69) is 9.98 Å². The Bertz CT molecular complexity index is 637. The van der Waals surface area contributed by atoms with E-state index in [0.29, 0.717) is 17.1 Å². The molecule has 1 aromatic carbocycles. The van der Waals surface area contributed by atoms with E-state index in [-0.39, 0.29) is 0 Å². The highest BCUT2D eigenvalue weighted by molar-refractivity contribution is 6.10. The molecule has 7 heteroatoms. The molecule has 1 aliphatic heterocycles. The molecule has 0 atom stereocenters. The van der Waals surface area contributed by atoms with Gasteiger partial charge in [0.05, 0.1) is 23.5 Å². The van der Waals surface area contributed by atoms with Gasteiger partial charge in [0.1, 0.15) is 5.70 Å². The van der Waals surface area contributed by atoms with E-state index in [0.717, 1.165) is 17.2 Å². The third-order valence-electron chi connectivity index (χ3n) is 2.97. The molecule has 22 heavy (non-hydrogen) atoms. The lowest BCUT2D eigenvalue weighted by atomic mass is 10.1. The van der Waals surface area contributed by atoms with Crippen molar-refractivity contribution in [1.29, 1.82) is 0 Å². The van der Waals surface area contributed by atoms with Crippen LogP contribution in [0.25, 0.3) is 0 Å². The van der Waals surface area contributed by atoms with Gasteiger partial charge in [-0.1, -0.05) is 12.1 Å². The third kappa shape index (κ3) is 3.73. The average Bonchev–Trinajstić information content (AvgIpc) is 2.85. The van der Waals surface area contributed by atoms with Crippen molar-refractivity contribution in [3.05, 3.63) is 47.3 Å². The van der Waals surface area contributed by atoms with E-state index in [1.165, 1.54) is 24.5 Å². The van der Waals surface area contributed by atoms with Crippen molar-refractivity contribution in [2.45, 2.75) is 32.5 Å². The number of hydroxylamine groups is 2. The van der Waals surface area contributed by atoms with Crippen LogP contribution in [0.5, 0.6) is 0 Å². The Hall–Kier alpha value is -2.15. The number of halogens is 3. The first-order valence-electron chi connectivity index (χ1n) is 6.58. The number of hydrogen-bond donors (Lipinski definition) is 1. The lowest BCUT2D eigenvalue weighted by Gasteiger charge is -2.27. The predicted molar refractivity (Wildman–Crippen MR) is 77.9 cm³/mol. The predicted octanol–water partition coefficient (Wildman–Crippen LogP) is 3.87. The molecular formula is C15H16F3N3O. The van der Waals surface area contributed by atoms with Crippen LogP contribution in [0.15, 0.2) is 46.1 Å². The van der Waals surface area contributed by atoms with Gasteiger partial charge in [-0.2, -0.15) is 13.2 Å². The van der Waals surface area contributed by atoms with Gasteiger partial charge >= 0.3 is 6.18 Å². The second-order valence-corrected chi connectivity index (χ2v) is 5.84. The van der Waals surface area contributed by atoms with Gasteiger partial charge in [-0.05, 0) is 32.9 Å². The minimum atomic E-state index is -4.37. The number of nitrogens with zero attached hydrogens (tertiary/aromatic N) is 3. The molecule has 0 fully saturated rings. The molecule has 0 saturated heterocycles. The first-order valence-corrected chi connectivity index (χ1v) is 6.58. The second-order valence-electron chi connectivity index (χ2n) is 5.84. The van der Waals surface area contributed by atoms with Crippen molar-refractivity contribution in [2.24, 2.45) is 9.98 Å². The molecule has 0 bridgehead atoms. The molecular weight excluding hydrogens is 295 g/mol. The molecule has 2 rings (SSSR count). The van der Waals surface area contributed by atoms with E-state index >= 15 is 0 Å². The molecule has 0 radical (unpaired) electrons. The minimum absolute atomic E-state index is 0.308. The number of allylic oxidation sites excluding steroid dienone is 1. The molecule has 1 aromatic rings. The third-order valence-corrected chi connectivity index (χ3v) is 2.97. The SMILES string of the molecule is CC(C)(C)N(O)C=C1C=NC(c2ccc(C(F)(F)F)cc2)=N1. The fourth-order valence-electron chi connectivity index (χ4n) is 1.64. The molecule has 1 N–H and O–H groups in total. The van der Waals surface area contributed by atoms with Gasteiger partial charge in [0, 0.05) is 5.56 Å². The minimum Gasteiger partial charge on any atom is -0.288 e. The Balaban J connectivity index is 2.20. The van der Waals surface area contributed by atoms with Crippen molar-refractivity contribution in [3.8, 4) is 0 Å². The molecule has 0 unspecified atom stereocenters. The average molecular weight is 311 g/mol. The molecule has 0 amide bonds. The first kappa shape index (κ1) is 16.2. The van der Waals surface area contributed by atoms with Crippen LogP contribution < -0.4 is 0 Å². The summed E-state index contributed by atoms with van der Waals surface area (Å²) >= 11 is 0. The Morgan fingerprint density at radius 3 is 2.18 bits per heavy atom. The number of alkyl halides is 3. The zero-order valence-corrected chi connectivity index (χ0v) is 12.4. The van der Waals surface area contributed by atoms with Crippen molar-refractivity contribution in [3.63, 3.8) is 0 Å². The maximum Gasteiger partial charge on any atom is 0.416 e. The highest BCUT2D eigenvalue weighted by Gasteiger charge is 2.30. The van der Waals surface area contributed by atoms with E-state index in [1.54, 1.807) is 0 Å². The summed E-state index contributed by atoms with van der Waals surface area (Å²) in [6, 6.07) is 4.62. The zero-order chi connectivity index (χ0) is 16.5. The van der Waals surface area contributed by atoms with Crippen LogP contribution in [0.3, 0.4) is 0 Å². The monoisotopic (exact) mass is 311 g/mol. The fraction of sp³-hybridized carbons (Fsp3) is 0.333. The highest BCUT2D eigenvalue weighted by atomic mass is 19.4. The quantitative estimate of drug-likeness (QED) is 0.843. The normalized spacial score (nSPS) is 17.0. The topological polar surface area (TPSA) is 48.2 Å². The van der Waals surface area contributed by atoms with Crippen LogP contribution >= 0.6 is 0 Å². The Labute approximate surface area is 126 Å². The van der Waals surface area contributed by atoms with Crippen molar-refractivity contribution in [1.82, 2.24) is 5.06 Å². The van der Waals surface area contributed by atoms with Gasteiger partial charge in [0.15, 0.2) is 5.84 Å². The summed E-state index contributed by atoms with van der Waals surface area (Å²) in [5.41, 5.74) is -0.308. The van der Waals surface area contributed by atoms with E-state index in [1.807, 2.05) is 20.8 Å². The van der Waals surface area contributed by atoms with Crippen molar-refractivity contribution in [2.75, 3.05) is 0 Å². The summed E-state index contributed by atoms with van der Waals surface area (Å²) in [4.78, 5) is 8.23. The largest absolute Gasteiger partial charge is 0.416 e. The van der Waals surface area contributed by atoms with Gasteiger partial charge in [-0.25, -0.2) is 9.98 Å². The van der Waals surface area contributed by atoms with Crippen LogP contribution in [0.2, 0.25) is 0 Å². The van der Waals surface area contributed by atoms with Crippen LogP contribution in [0, 0.1) is 0 Å². The molecule has 1 aliphatic rings. The summed E-state index contributed by atoms with van der Waals surface area (Å²) in [6.45, 7) is 5.45. The molecule has 118 valence electrons. The Morgan fingerprint density at radius 1 is 1.09 bits per heavy atom. The van der Waals surface area contributed by atoms with E-state index < -0.39 is 17.3 Å². The lowest BCUT2D eigenvalue weighted by molar-refractivity contribution is -0.137. The zero-order valence-electron chi connectivity index (χ0n) is 12.4. The van der Waals surface area contributed by atoms with Crippen LogP contribution in [-0.2, 0) is 6.18 Å². The molecule has 4 nitrogen and oxygen atoms in total. The fourth-order valence-corrected chi connectivity index (χ4v) is 1.64. The van der Waals surface area contributed by atoms with Gasteiger partial charge in [-0.3, -0.25) is 10.3 Å². The summed E-state index contributed by atoms with van der Waals surface area (Å²) in [5.74, 6) is 0.308. The first-order chi connectivity index (χ1) is 10.1. The maximum absolute atomic E-state index is 12.5. The lowest BCUT2D eigenvalue weighted by Crippen LogP contribution is -2.34. The van der Waals surface area contributed by atoms with Crippen molar-refractivity contribution < 1.29 is 18.4 Å². The molecule has 0 aliphatic carbocycles. The number of rotatable bonds is 2. The van der Waals surface area contributed by atoms with Crippen LogP contribution in [0.1, 0.15) is 31.9 Å². The number of amidine groups is 1. The highest BCUT2D eigenvalue weighted by Crippen LogP contribution is 2.29. The molecule has 0 aromatic heterocycles. The van der Waals surface area contributed by atoms with Crippen LogP contribution in [-0.4, -0.2) is 27.9 Å². The number of benzene rings is 1. The summed E-state index contributed by atoms with van der Waals surface area (Å²) < 4.78 is 37.5. The molecule has 0 saturated carbocycles. The summed E-state index contributed by atoms with van der Waals surface area (Å²) in [6.07, 6.45) is -1.50. The van der Waals surface area contributed by atoms with Gasteiger partial charge in [0.25, 0.3) is 0 Å². The summed E-state index contributed by atoms with van der Waals surface area (Å²) in [7, 11) is 0. The summed E-state index contributed by atoms with van der Waals surface area (Å²) in [5, 5.41) is 10.8. The van der Waals surface area contributed by atoms with Gasteiger partial charge in [0.2, 0.25) is 0 Å². The van der Waals surface area contributed by atoms with E-state index in [9.17, 15) is 18.4 Å². The molecule has 1 heterocycles. The van der Waals surface area contributed by atoms with Gasteiger partial charge < -0.3 is 0 Å². The smallest absolute Gasteiger partial charge is 0.288 e. The Morgan fingerprint density at radius 2 is 1.68 bits per heavy atom. The Kier molecular flexibility index (Phi) is 4.10. The van der Waals surface area contributed by atoms with Gasteiger partial charge in [-0.15, -0.1) is 0 Å². The standard InChI is InChI=1S/C15H16F3N3O/c1-14(2,3)21(22)9-12-8-19-13(20-12)10-4-6-11(7-5-10)15(16,17)18/h4-9,22H,1-3H3. The second kappa shape index (κ2) is 5.57.